The van der Waals surface area contributed by atoms with Gasteiger partial charge in [0.2, 0.25) is 0 Å². The number of halogens is 2. The molecule has 33 heavy (non-hydrogen) atoms. The van der Waals surface area contributed by atoms with E-state index >= 15 is 0 Å². The van der Waals surface area contributed by atoms with Crippen LogP contribution in [0, 0.1) is 0 Å². The van der Waals surface area contributed by atoms with Gasteiger partial charge in [-0.15, -0.1) is 0 Å². The number of hydrogen-bond acceptors (Lipinski definition) is 1. The molecule has 3 aliphatic rings. The van der Waals surface area contributed by atoms with Gasteiger partial charge in [-0.1, -0.05) is 27.3 Å². The summed E-state index contributed by atoms with van der Waals surface area (Å²) in [5.41, 5.74) is 6.60. The van der Waals surface area contributed by atoms with Crippen LogP contribution in [-0.2, 0) is 24.7 Å². The number of rotatable bonds is 3. The van der Waals surface area contributed by atoms with Crippen molar-refractivity contribution in [1.82, 2.24) is 0 Å². The van der Waals surface area contributed by atoms with Crippen LogP contribution in [0.1, 0.15) is 33.9 Å². The summed E-state index contributed by atoms with van der Waals surface area (Å²) in [5.74, 6) is 1.93. The van der Waals surface area contributed by atoms with E-state index in [4.69, 9.17) is 4.42 Å². The molecule has 6 rings (SSSR count). The summed E-state index contributed by atoms with van der Waals surface area (Å²) in [4.78, 5) is 0. The van der Waals surface area contributed by atoms with Crippen LogP contribution in [0.2, 0.25) is 0 Å². The Morgan fingerprint density at radius 2 is 1.61 bits per heavy atom. The summed E-state index contributed by atoms with van der Waals surface area (Å²) in [7, 11) is 1.43. The third kappa shape index (κ3) is 5.53. The molecule has 1 aromatic heterocycles. The molecule has 163 valence electrons. The van der Waals surface area contributed by atoms with Crippen LogP contribution in [0.5, 0.6) is 0 Å². The maximum absolute atomic E-state index is 6.10. The van der Waals surface area contributed by atoms with Crippen LogP contribution in [0.3, 0.4) is 0 Å². The Bertz CT molecular complexity index is 1280. The van der Waals surface area contributed by atoms with E-state index < -0.39 is 0 Å². The average molecular weight is 568 g/mol. The molecule has 0 saturated heterocycles. The molecule has 2 aliphatic carbocycles. The van der Waals surface area contributed by atoms with E-state index in [1.54, 1.807) is 5.29 Å². The zero-order valence-electron chi connectivity index (χ0n) is 18.1. The first kappa shape index (κ1) is 25.9. The van der Waals surface area contributed by atoms with Gasteiger partial charge in [0.15, 0.2) is 0 Å². The minimum absolute atomic E-state index is 0. The van der Waals surface area contributed by atoms with E-state index in [1.807, 2.05) is 18.2 Å². The number of allylic oxidation sites excluding steroid dienone is 7. The standard InChI is InChI=1S/C19H13O.C9H9P.2ClH.Zr/c1-2-6-14(7-3-1)18-10-11-19(20-18)17-12-15-8-4-5-9-16(15)13-17;1-2-8-6-7-4-3-5-9(7)10-8;;;/h1-13H;3-6H,2H2,1H3;2*1H;/q;;;;+2/p-2. The zero-order valence-corrected chi connectivity index (χ0v) is 23.0. The third-order valence-electron chi connectivity index (χ3n) is 5.65. The quantitative estimate of drug-likeness (QED) is 0.442. The summed E-state index contributed by atoms with van der Waals surface area (Å²) in [6.07, 6.45) is 12.3. The van der Waals surface area contributed by atoms with Crippen LogP contribution < -0.4 is 24.8 Å². The predicted octanol–water partition coefficient (Wildman–Crippen LogP) is 2.01. The van der Waals surface area contributed by atoms with Gasteiger partial charge in [-0.25, -0.2) is 0 Å². The van der Waals surface area contributed by atoms with Crippen LogP contribution in [0.4, 0.5) is 0 Å². The average Bonchev–Trinajstić information content (AvgIpc) is 3.58. The second-order valence-electron chi connectivity index (χ2n) is 7.66. The van der Waals surface area contributed by atoms with Crippen molar-refractivity contribution < 1.29 is 54.0 Å². The topological polar surface area (TPSA) is 13.1 Å². The molecule has 0 N–H and O–H groups in total. The normalized spacial score (nSPS) is 17.2. The number of fused-ring (bicyclic) bond motifs is 2. The molecule has 0 bridgehead atoms. The SMILES string of the molecule is CCC1=PC2=CC=CC2=C1.[Cl-].[Cl-].[Zr+2][CH]1C(c2ccc(-c3ccccc3)o2)=Cc2ccccc21. The number of hydrogen-bond donors (Lipinski definition) is 0. The molecule has 1 nitrogen and oxygen atoms in total. The van der Waals surface area contributed by atoms with Crippen LogP contribution in [0.25, 0.3) is 23.0 Å². The molecule has 2 heterocycles. The molecule has 3 aromatic rings. The van der Waals surface area contributed by atoms with Gasteiger partial charge in [0, 0.05) is 5.31 Å². The molecule has 0 spiro atoms. The fraction of sp³-hybridized carbons (Fsp3) is 0.107. The Kier molecular flexibility index (Phi) is 9.14. The number of benzene rings is 2. The molecule has 5 heteroatoms. The minimum atomic E-state index is 0. The molecule has 1 aliphatic heterocycles. The van der Waals surface area contributed by atoms with Gasteiger partial charge in [-0.05, 0) is 29.4 Å². The van der Waals surface area contributed by atoms with Crippen molar-refractivity contribution in [3.05, 3.63) is 119 Å². The number of furan rings is 1. The fourth-order valence-electron chi connectivity index (χ4n) is 3.98. The Morgan fingerprint density at radius 1 is 0.879 bits per heavy atom. The zero-order chi connectivity index (χ0) is 21.2. The van der Waals surface area contributed by atoms with Crippen LogP contribution in [0.15, 0.2) is 106 Å². The molecule has 0 saturated carbocycles. The molecule has 0 radical (unpaired) electrons. The van der Waals surface area contributed by atoms with Crippen molar-refractivity contribution in [2.24, 2.45) is 0 Å². The van der Waals surface area contributed by atoms with Gasteiger partial charge < -0.3 is 24.8 Å². The summed E-state index contributed by atoms with van der Waals surface area (Å²) >= 11 is 1.50. The van der Waals surface area contributed by atoms with Crippen molar-refractivity contribution in [2.45, 2.75) is 17.0 Å². The van der Waals surface area contributed by atoms with Gasteiger partial charge in [-0.2, -0.15) is 0 Å². The van der Waals surface area contributed by atoms with Gasteiger partial charge in [0.05, 0.1) is 0 Å². The first-order valence-corrected chi connectivity index (χ1v) is 12.9. The summed E-state index contributed by atoms with van der Waals surface area (Å²) < 4.78 is 6.58. The Balaban J connectivity index is 0.000000217. The van der Waals surface area contributed by atoms with Crippen LogP contribution >= 0.6 is 8.20 Å². The molecule has 0 amide bonds. The summed E-state index contributed by atoms with van der Waals surface area (Å²) in [6, 6.07) is 23.0. The molecule has 0 fully saturated rings. The van der Waals surface area contributed by atoms with Crippen molar-refractivity contribution in [3.8, 4) is 11.3 Å². The van der Waals surface area contributed by atoms with E-state index in [0.29, 0.717) is 3.63 Å². The second-order valence-corrected chi connectivity index (χ2v) is 10.4. The van der Waals surface area contributed by atoms with E-state index in [0.717, 1.165) is 17.1 Å². The van der Waals surface area contributed by atoms with Crippen LogP contribution in [-0.4, -0.2) is 5.29 Å². The van der Waals surface area contributed by atoms with E-state index in [-0.39, 0.29) is 24.8 Å². The summed E-state index contributed by atoms with van der Waals surface area (Å²) in [6.45, 7) is 2.21. The van der Waals surface area contributed by atoms with E-state index in [1.165, 1.54) is 66.9 Å². The van der Waals surface area contributed by atoms with Crippen molar-refractivity contribution in [1.29, 1.82) is 0 Å². The molecular formula is C28H22Cl2OPZr. The van der Waals surface area contributed by atoms with E-state index in [2.05, 4.69) is 85.8 Å². The first-order valence-electron chi connectivity index (χ1n) is 10.6. The third-order valence-corrected chi connectivity index (χ3v) is 8.56. The molecule has 1 unspecified atom stereocenters. The Morgan fingerprint density at radius 3 is 2.33 bits per heavy atom. The molecular weight excluding hydrogens is 545 g/mol. The van der Waals surface area contributed by atoms with Crippen molar-refractivity contribution >= 4 is 25.1 Å². The second kappa shape index (κ2) is 11.6. The van der Waals surface area contributed by atoms with Crippen molar-refractivity contribution in [2.75, 3.05) is 0 Å². The monoisotopic (exact) mass is 565 g/mol. The van der Waals surface area contributed by atoms with Gasteiger partial charge in [0.25, 0.3) is 0 Å². The fourth-order valence-corrected chi connectivity index (χ4v) is 6.28. The Labute approximate surface area is 224 Å². The molecule has 2 aromatic carbocycles. The van der Waals surface area contributed by atoms with Gasteiger partial charge in [0.1, 0.15) is 0 Å². The first-order chi connectivity index (χ1) is 15.2. The van der Waals surface area contributed by atoms with E-state index in [9.17, 15) is 0 Å². The van der Waals surface area contributed by atoms with Crippen molar-refractivity contribution in [3.63, 3.8) is 0 Å². The Hall–Kier alpha value is -1.69. The molecule has 1 atom stereocenters. The maximum atomic E-state index is 6.10. The summed E-state index contributed by atoms with van der Waals surface area (Å²) in [5, 5.41) is 3.03. The van der Waals surface area contributed by atoms with Gasteiger partial charge >= 0.3 is 139 Å². The predicted molar refractivity (Wildman–Crippen MR) is 129 cm³/mol. The van der Waals surface area contributed by atoms with Gasteiger partial charge in [-0.3, -0.25) is 0 Å².